The average Bonchev–Trinajstić information content (AvgIpc) is 2.84. The molecule has 0 spiro atoms. The van der Waals surface area contributed by atoms with E-state index in [0.29, 0.717) is 5.92 Å². The molecule has 80 valence electrons. The van der Waals surface area contributed by atoms with E-state index in [1.807, 2.05) is 11.0 Å². The predicted octanol–water partition coefficient (Wildman–Crippen LogP) is 0.934. The van der Waals surface area contributed by atoms with E-state index in [-0.39, 0.29) is 24.4 Å². The molecule has 0 aromatic carbocycles. The molecule has 2 rings (SSSR count). The number of amides is 1. The molecule has 1 saturated heterocycles. The monoisotopic (exact) mass is 216 g/mol. The summed E-state index contributed by atoms with van der Waals surface area (Å²) < 4.78 is 0. The van der Waals surface area contributed by atoms with Crippen molar-refractivity contribution in [1.82, 2.24) is 4.90 Å². The first kappa shape index (κ1) is 11.5. The molecule has 3 nitrogen and oxygen atoms in total. The number of halogens is 1. The Bertz CT molecular complexity index is 238. The Hall–Kier alpha value is -0.540. The Labute approximate surface area is 90.7 Å². The van der Waals surface area contributed by atoms with Crippen molar-refractivity contribution in [3.05, 3.63) is 12.2 Å². The first-order valence-electron chi connectivity index (χ1n) is 4.98. The molecule has 2 fully saturated rings. The van der Waals surface area contributed by atoms with Crippen molar-refractivity contribution in [3.63, 3.8) is 0 Å². The van der Waals surface area contributed by atoms with E-state index in [4.69, 9.17) is 5.73 Å². The fraction of sp³-hybridized carbons (Fsp3) is 0.700. The van der Waals surface area contributed by atoms with E-state index in [1.54, 1.807) is 6.08 Å². The van der Waals surface area contributed by atoms with Gasteiger partial charge in [-0.1, -0.05) is 6.08 Å². The minimum atomic E-state index is 0. The van der Waals surface area contributed by atoms with Gasteiger partial charge < -0.3 is 10.6 Å². The zero-order valence-electron chi connectivity index (χ0n) is 8.19. The molecule has 14 heavy (non-hydrogen) atoms. The van der Waals surface area contributed by atoms with Crippen LogP contribution in [0.1, 0.15) is 19.3 Å². The third kappa shape index (κ3) is 3.00. The molecule has 2 aliphatic rings. The number of allylic oxidation sites excluding steroid dienone is 1. The van der Waals surface area contributed by atoms with E-state index in [2.05, 4.69) is 0 Å². The van der Waals surface area contributed by atoms with E-state index in [1.165, 1.54) is 12.8 Å². The van der Waals surface area contributed by atoms with Gasteiger partial charge in [-0.15, -0.1) is 12.4 Å². The molecule has 0 aromatic rings. The number of hydrogen-bond acceptors (Lipinski definition) is 2. The maximum atomic E-state index is 11.5. The van der Waals surface area contributed by atoms with Crippen LogP contribution in [0.5, 0.6) is 0 Å². The van der Waals surface area contributed by atoms with Crippen LogP contribution in [0.3, 0.4) is 0 Å². The standard InChI is InChI=1S/C10H16N2O.ClH/c11-9-5-6-12(7-9)10(13)4-3-8-1-2-8;/h3-4,8-9H,1-2,5-7,11H2;1H/b4-3+;. The lowest BCUT2D eigenvalue weighted by Crippen LogP contribution is -2.30. The molecule has 0 bridgehead atoms. The van der Waals surface area contributed by atoms with Gasteiger partial charge in [0.25, 0.3) is 0 Å². The van der Waals surface area contributed by atoms with Crippen LogP contribution in [0.4, 0.5) is 0 Å². The normalized spacial score (nSPS) is 26.6. The van der Waals surface area contributed by atoms with Gasteiger partial charge in [-0.2, -0.15) is 0 Å². The van der Waals surface area contributed by atoms with Crippen LogP contribution < -0.4 is 5.73 Å². The molecular formula is C10H17ClN2O. The van der Waals surface area contributed by atoms with Crippen LogP contribution in [0.15, 0.2) is 12.2 Å². The second-order valence-electron chi connectivity index (χ2n) is 4.03. The lowest BCUT2D eigenvalue weighted by atomic mass is 10.3. The smallest absolute Gasteiger partial charge is 0.246 e. The Morgan fingerprint density at radius 2 is 2.07 bits per heavy atom. The summed E-state index contributed by atoms with van der Waals surface area (Å²) in [6.07, 6.45) is 7.21. The number of carbonyl (C=O) groups is 1. The second kappa shape index (κ2) is 4.80. The summed E-state index contributed by atoms with van der Waals surface area (Å²) in [5.74, 6) is 0.820. The van der Waals surface area contributed by atoms with Gasteiger partial charge in [-0.05, 0) is 31.3 Å². The summed E-state index contributed by atoms with van der Waals surface area (Å²) in [5.41, 5.74) is 5.71. The Morgan fingerprint density at radius 1 is 1.36 bits per heavy atom. The van der Waals surface area contributed by atoms with Gasteiger partial charge in [-0.25, -0.2) is 0 Å². The lowest BCUT2D eigenvalue weighted by Gasteiger charge is -2.12. The highest BCUT2D eigenvalue weighted by Gasteiger charge is 2.23. The van der Waals surface area contributed by atoms with Crippen molar-refractivity contribution >= 4 is 18.3 Å². The van der Waals surface area contributed by atoms with Crippen molar-refractivity contribution in [2.75, 3.05) is 13.1 Å². The van der Waals surface area contributed by atoms with E-state index >= 15 is 0 Å². The lowest BCUT2D eigenvalue weighted by molar-refractivity contribution is -0.125. The third-order valence-electron chi connectivity index (χ3n) is 2.67. The molecule has 4 heteroatoms. The molecule has 1 saturated carbocycles. The zero-order valence-corrected chi connectivity index (χ0v) is 9.00. The maximum Gasteiger partial charge on any atom is 0.246 e. The van der Waals surface area contributed by atoms with Gasteiger partial charge in [0.15, 0.2) is 0 Å². The first-order valence-corrected chi connectivity index (χ1v) is 4.98. The highest BCUT2D eigenvalue weighted by atomic mass is 35.5. The molecule has 2 N–H and O–H groups in total. The quantitative estimate of drug-likeness (QED) is 0.699. The number of rotatable bonds is 2. The molecule has 0 radical (unpaired) electrons. The number of nitrogens with two attached hydrogens (primary N) is 1. The van der Waals surface area contributed by atoms with E-state index in [0.717, 1.165) is 19.5 Å². The first-order chi connectivity index (χ1) is 6.25. The number of likely N-dealkylation sites (tertiary alicyclic amines) is 1. The van der Waals surface area contributed by atoms with Gasteiger partial charge in [-0.3, -0.25) is 4.79 Å². The molecule has 1 atom stereocenters. The maximum absolute atomic E-state index is 11.5. The number of hydrogen-bond donors (Lipinski definition) is 1. The summed E-state index contributed by atoms with van der Waals surface area (Å²) >= 11 is 0. The van der Waals surface area contributed by atoms with Crippen LogP contribution >= 0.6 is 12.4 Å². The van der Waals surface area contributed by atoms with Crippen molar-refractivity contribution in [2.45, 2.75) is 25.3 Å². The summed E-state index contributed by atoms with van der Waals surface area (Å²) in [5, 5.41) is 0. The summed E-state index contributed by atoms with van der Waals surface area (Å²) in [6.45, 7) is 1.56. The summed E-state index contributed by atoms with van der Waals surface area (Å²) in [4.78, 5) is 13.3. The molecule has 1 unspecified atom stereocenters. The zero-order chi connectivity index (χ0) is 9.26. The van der Waals surface area contributed by atoms with Crippen molar-refractivity contribution in [2.24, 2.45) is 11.7 Å². The van der Waals surface area contributed by atoms with Crippen molar-refractivity contribution in [3.8, 4) is 0 Å². The fourth-order valence-electron chi connectivity index (χ4n) is 1.60. The second-order valence-corrected chi connectivity index (χ2v) is 4.03. The highest BCUT2D eigenvalue weighted by Crippen LogP contribution is 2.30. The van der Waals surface area contributed by atoms with E-state index in [9.17, 15) is 4.79 Å². The molecule has 1 heterocycles. The average molecular weight is 217 g/mol. The minimum absolute atomic E-state index is 0. The SMILES string of the molecule is Cl.NC1CCN(C(=O)/C=C/C2CC2)C1. The fourth-order valence-corrected chi connectivity index (χ4v) is 1.60. The highest BCUT2D eigenvalue weighted by molar-refractivity contribution is 5.87. The minimum Gasteiger partial charge on any atom is -0.338 e. The molecule has 0 aromatic heterocycles. The summed E-state index contributed by atoms with van der Waals surface area (Å²) in [6, 6.07) is 0.193. The van der Waals surface area contributed by atoms with Gasteiger partial charge in [0, 0.05) is 19.1 Å². The van der Waals surface area contributed by atoms with Crippen LogP contribution in [0.2, 0.25) is 0 Å². The van der Waals surface area contributed by atoms with Crippen LogP contribution in [0.25, 0.3) is 0 Å². The van der Waals surface area contributed by atoms with Gasteiger partial charge in [0.05, 0.1) is 0 Å². The number of nitrogens with zero attached hydrogens (tertiary/aromatic N) is 1. The predicted molar refractivity (Wildman–Crippen MR) is 58.3 cm³/mol. The van der Waals surface area contributed by atoms with E-state index < -0.39 is 0 Å². The van der Waals surface area contributed by atoms with Crippen LogP contribution in [0, 0.1) is 5.92 Å². The Morgan fingerprint density at radius 3 is 2.57 bits per heavy atom. The molecule has 1 amide bonds. The molecule has 1 aliphatic heterocycles. The van der Waals surface area contributed by atoms with Gasteiger partial charge in [0.1, 0.15) is 0 Å². The Balaban J connectivity index is 0.000000980. The molecular weight excluding hydrogens is 200 g/mol. The largest absolute Gasteiger partial charge is 0.338 e. The van der Waals surface area contributed by atoms with Crippen LogP contribution in [-0.2, 0) is 4.79 Å². The van der Waals surface area contributed by atoms with Crippen molar-refractivity contribution in [1.29, 1.82) is 0 Å². The third-order valence-corrected chi connectivity index (χ3v) is 2.67. The van der Waals surface area contributed by atoms with Gasteiger partial charge >= 0.3 is 0 Å². The van der Waals surface area contributed by atoms with Crippen LogP contribution in [-0.4, -0.2) is 29.9 Å². The Kier molecular flexibility index (Phi) is 3.96. The summed E-state index contributed by atoms with van der Waals surface area (Å²) in [7, 11) is 0. The number of carbonyl (C=O) groups excluding carboxylic acids is 1. The van der Waals surface area contributed by atoms with Gasteiger partial charge in [0.2, 0.25) is 5.91 Å². The topological polar surface area (TPSA) is 46.3 Å². The van der Waals surface area contributed by atoms with Crippen molar-refractivity contribution < 1.29 is 4.79 Å². The molecule has 1 aliphatic carbocycles.